The maximum absolute atomic E-state index is 12.9. The molecule has 0 saturated heterocycles. The molecule has 0 bridgehead atoms. The third kappa shape index (κ3) is 3.70. The Labute approximate surface area is 206 Å². The van der Waals surface area contributed by atoms with Crippen molar-refractivity contribution < 1.29 is 9.59 Å². The third-order valence-electron chi connectivity index (χ3n) is 9.70. The number of fused-ring (bicyclic) bond motifs is 5. The van der Waals surface area contributed by atoms with E-state index in [-0.39, 0.29) is 34.1 Å². The van der Waals surface area contributed by atoms with Gasteiger partial charge in [0.25, 0.3) is 0 Å². The van der Waals surface area contributed by atoms with E-state index < -0.39 is 0 Å². The number of hydrogen-bond acceptors (Lipinski definition) is 3. The van der Waals surface area contributed by atoms with Crippen LogP contribution < -0.4 is 5.32 Å². The van der Waals surface area contributed by atoms with Gasteiger partial charge in [-0.15, -0.1) is 11.6 Å². The number of aromatic nitrogens is 1. The summed E-state index contributed by atoms with van der Waals surface area (Å²) >= 11 is 13.0. The van der Waals surface area contributed by atoms with Gasteiger partial charge < -0.3 is 10.2 Å². The van der Waals surface area contributed by atoms with Crippen molar-refractivity contribution in [3.63, 3.8) is 0 Å². The summed E-state index contributed by atoms with van der Waals surface area (Å²) in [6, 6.07) is 3.51. The molecule has 0 spiro atoms. The van der Waals surface area contributed by atoms with Gasteiger partial charge in [0.1, 0.15) is 5.15 Å². The number of likely N-dealkylation sites (N-methyl/N-ethyl adjacent to an activating group) is 1. The van der Waals surface area contributed by atoms with Gasteiger partial charge in [-0.05, 0) is 79.4 Å². The molecular weight excluding hydrogens is 457 g/mol. The first kappa shape index (κ1) is 23.2. The van der Waals surface area contributed by atoms with Crippen molar-refractivity contribution in [2.75, 3.05) is 12.4 Å². The van der Waals surface area contributed by atoms with Crippen LogP contribution in [0.4, 0.5) is 5.69 Å². The summed E-state index contributed by atoms with van der Waals surface area (Å²) in [5.41, 5.74) is 0.756. The zero-order valence-corrected chi connectivity index (χ0v) is 21.1. The lowest BCUT2D eigenvalue weighted by Crippen LogP contribution is -2.63. The standard InChI is InChI=1S/C26H33Cl2N3O2/c1-25-9-6-19-17(14-20(27)24-26(19,2)10-7-23(33)31(24)3)18(25)5-4-15(25)12-22(32)30-16-8-11-29-21(28)13-16/h7-8,10-11,13,15,17-20,24H,4-6,9,12,14H2,1-3H3,(H,29,30,32)/t15-,17+,18+,19+,20?,24-,25-,26-/m1/s1. The second kappa shape index (κ2) is 8.27. The van der Waals surface area contributed by atoms with Gasteiger partial charge in [-0.2, -0.15) is 0 Å². The van der Waals surface area contributed by atoms with Crippen LogP contribution in [-0.4, -0.2) is 40.2 Å². The fourth-order valence-electron chi connectivity index (χ4n) is 8.13. The van der Waals surface area contributed by atoms with Crippen LogP contribution in [0.3, 0.4) is 0 Å². The topological polar surface area (TPSA) is 62.3 Å². The number of amides is 2. The molecule has 8 atom stereocenters. The average Bonchev–Trinajstić information content (AvgIpc) is 3.07. The van der Waals surface area contributed by atoms with Crippen molar-refractivity contribution in [2.24, 2.45) is 34.5 Å². The molecule has 5 nitrogen and oxygen atoms in total. The van der Waals surface area contributed by atoms with Crippen LogP contribution in [0.5, 0.6) is 0 Å². The number of anilines is 1. The fourth-order valence-corrected chi connectivity index (χ4v) is 8.95. The first-order chi connectivity index (χ1) is 15.6. The van der Waals surface area contributed by atoms with Crippen LogP contribution >= 0.6 is 23.2 Å². The Morgan fingerprint density at radius 1 is 1.27 bits per heavy atom. The highest BCUT2D eigenvalue weighted by Gasteiger charge is 2.62. The summed E-state index contributed by atoms with van der Waals surface area (Å²) in [7, 11) is 1.90. The number of carbonyl (C=O) groups excluding carboxylic acids is 2. The fraction of sp³-hybridized carbons (Fsp3) is 0.654. The van der Waals surface area contributed by atoms with E-state index in [1.54, 1.807) is 24.4 Å². The average molecular weight is 490 g/mol. The molecule has 178 valence electrons. The highest BCUT2D eigenvalue weighted by molar-refractivity contribution is 6.29. The number of hydrogen-bond donors (Lipinski definition) is 1. The van der Waals surface area contributed by atoms with Gasteiger partial charge >= 0.3 is 0 Å². The normalized spacial score (nSPS) is 41.8. The molecule has 1 aromatic rings. The van der Waals surface area contributed by atoms with E-state index in [2.05, 4.69) is 30.2 Å². The lowest BCUT2D eigenvalue weighted by molar-refractivity contribution is -0.138. The van der Waals surface area contributed by atoms with Crippen LogP contribution in [0.2, 0.25) is 5.15 Å². The van der Waals surface area contributed by atoms with E-state index in [1.807, 2.05) is 11.9 Å². The molecule has 2 heterocycles. The molecule has 2 amide bonds. The van der Waals surface area contributed by atoms with Gasteiger partial charge in [-0.3, -0.25) is 9.59 Å². The van der Waals surface area contributed by atoms with Crippen molar-refractivity contribution in [3.8, 4) is 0 Å². The number of pyridine rings is 1. The predicted octanol–water partition coefficient (Wildman–Crippen LogP) is 5.54. The minimum Gasteiger partial charge on any atom is -0.337 e. The largest absolute Gasteiger partial charge is 0.337 e. The van der Waals surface area contributed by atoms with Crippen LogP contribution in [0.25, 0.3) is 0 Å². The minimum absolute atomic E-state index is 0.0451. The molecular formula is C26H33Cl2N3O2. The Hall–Kier alpha value is -1.59. The van der Waals surface area contributed by atoms with E-state index in [9.17, 15) is 9.59 Å². The van der Waals surface area contributed by atoms with E-state index in [4.69, 9.17) is 23.2 Å². The molecule has 33 heavy (non-hydrogen) atoms. The maximum Gasteiger partial charge on any atom is 0.246 e. The zero-order chi connectivity index (χ0) is 23.5. The van der Waals surface area contributed by atoms with Crippen molar-refractivity contribution in [1.82, 2.24) is 9.88 Å². The summed E-state index contributed by atoms with van der Waals surface area (Å²) in [4.78, 5) is 31.1. The molecule has 1 aliphatic heterocycles. The Morgan fingerprint density at radius 3 is 2.82 bits per heavy atom. The van der Waals surface area contributed by atoms with Gasteiger partial charge in [0, 0.05) is 30.8 Å². The van der Waals surface area contributed by atoms with Gasteiger partial charge in [0.15, 0.2) is 0 Å². The quantitative estimate of drug-likeness (QED) is 0.447. The molecule has 3 aliphatic carbocycles. The summed E-state index contributed by atoms with van der Waals surface area (Å²) in [6.07, 6.45) is 11.5. The SMILES string of the molecule is CN1C(=O)C=C[C@]2(C)[C@H]3CC[C@]4(C)[C@@H](CC(=O)Nc5ccnc(Cl)c5)CC[C@H]4[C@@H]3CC(Cl)[C@@H]12. The van der Waals surface area contributed by atoms with Crippen LogP contribution in [0.1, 0.15) is 52.4 Å². The smallest absolute Gasteiger partial charge is 0.246 e. The monoisotopic (exact) mass is 489 g/mol. The highest BCUT2D eigenvalue weighted by atomic mass is 35.5. The highest BCUT2D eigenvalue weighted by Crippen LogP contribution is 2.66. The number of carbonyl (C=O) groups is 2. The molecule has 3 saturated carbocycles. The molecule has 1 N–H and O–H groups in total. The molecule has 3 fully saturated rings. The lowest BCUT2D eigenvalue weighted by Gasteiger charge is -2.61. The van der Waals surface area contributed by atoms with E-state index in [0.29, 0.717) is 40.9 Å². The molecule has 7 heteroatoms. The molecule has 5 rings (SSSR count). The summed E-state index contributed by atoms with van der Waals surface area (Å²) in [5.74, 6) is 2.10. The van der Waals surface area contributed by atoms with E-state index >= 15 is 0 Å². The predicted molar refractivity (Wildman–Crippen MR) is 131 cm³/mol. The number of nitrogens with one attached hydrogen (secondary N) is 1. The molecule has 4 aliphatic rings. The Kier molecular flexibility index (Phi) is 5.80. The summed E-state index contributed by atoms with van der Waals surface area (Å²) in [6.45, 7) is 4.72. The summed E-state index contributed by atoms with van der Waals surface area (Å²) < 4.78 is 0. The third-order valence-corrected chi connectivity index (χ3v) is 10.3. The van der Waals surface area contributed by atoms with E-state index in [0.717, 1.165) is 32.1 Å². The number of rotatable bonds is 3. The number of halogens is 2. The van der Waals surface area contributed by atoms with Gasteiger partial charge in [0.05, 0.1) is 11.4 Å². The second-order valence-corrected chi connectivity index (χ2v) is 12.1. The van der Waals surface area contributed by atoms with Crippen LogP contribution in [0, 0.1) is 34.5 Å². The molecule has 1 aromatic heterocycles. The first-order valence-corrected chi connectivity index (χ1v) is 13.0. The minimum atomic E-state index is -0.0879. The van der Waals surface area contributed by atoms with Crippen molar-refractivity contribution in [3.05, 3.63) is 35.6 Å². The molecule has 1 unspecified atom stereocenters. The van der Waals surface area contributed by atoms with Crippen molar-refractivity contribution in [1.29, 1.82) is 0 Å². The molecule has 0 radical (unpaired) electrons. The van der Waals surface area contributed by atoms with Gasteiger partial charge in [-0.1, -0.05) is 31.5 Å². The van der Waals surface area contributed by atoms with Crippen molar-refractivity contribution >= 4 is 40.7 Å². The maximum atomic E-state index is 12.9. The number of nitrogens with zero attached hydrogens (tertiary/aromatic N) is 2. The Bertz CT molecular complexity index is 1000. The summed E-state index contributed by atoms with van der Waals surface area (Å²) in [5, 5.41) is 3.34. The Balaban J connectivity index is 1.34. The Morgan fingerprint density at radius 2 is 2.06 bits per heavy atom. The lowest BCUT2D eigenvalue weighted by atomic mass is 9.47. The molecule has 0 aromatic carbocycles. The van der Waals surface area contributed by atoms with Crippen LogP contribution in [-0.2, 0) is 9.59 Å². The second-order valence-electron chi connectivity index (χ2n) is 11.2. The van der Waals surface area contributed by atoms with Gasteiger partial charge in [0.2, 0.25) is 11.8 Å². The first-order valence-electron chi connectivity index (χ1n) is 12.1. The van der Waals surface area contributed by atoms with Crippen molar-refractivity contribution in [2.45, 2.75) is 63.8 Å². The van der Waals surface area contributed by atoms with Gasteiger partial charge in [-0.25, -0.2) is 4.98 Å². The zero-order valence-electron chi connectivity index (χ0n) is 19.6. The number of alkyl halides is 1. The van der Waals surface area contributed by atoms with E-state index in [1.165, 1.54) is 0 Å². The van der Waals surface area contributed by atoms with Crippen LogP contribution in [0.15, 0.2) is 30.5 Å².